The molecule has 4 nitrogen and oxygen atoms in total. The van der Waals surface area contributed by atoms with Gasteiger partial charge in [-0.1, -0.05) is 0 Å². The van der Waals surface area contributed by atoms with E-state index >= 15 is 0 Å². The third kappa shape index (κ3) is 134. The van der Waals surface area contributed by atoms with Crippen LogP contribution in [0.2, 0.25) is 0 Å². The van der Waals surface area contributed by atoms with E-state index in [4.69, 9.17) is 17.5 Å². The van der Waals surface area contributed by atoms with Gasteiger partial charge in [0, 0.05) is 19.5 Å². The van der Waals surface area contributed by atoms with E-state index in [0.29, 0.717) is 0 Å². The molecule has 0 bridgehead atoms. The van der Waals surface area contributed by atoms with E-state index in [1.54, 1.807) is 0 Å². The molecular formula is H8Al2O4SZn. The minimum Gasteiger partial charge on any atom is -0.264 e. The van der Waals surface area contributed by atoms with Gasteiger partial charge in [0.2, 0.25) is 0 Å². The maximum Gasteiger partial charge on any atom is 0.394 e. The van der Waals surface area contributed by atoms with Crippen LogP contribution < -0.4 is 0 Å². The second-order valence-electron chi connectivity index (χ2n) is 0.448. The summed E-state index contributed by atoms with van der Waals surface area (Å²) in [7, 11) is -4.67. The predicted molar refractivity (Wildman–Crippen MR) is 34.1 cm³/mol. The Bertz CT molecular complexity index is 97.2. The zero-order valence-electron chi connectivity index (χ0n) is 2.83. The topological polar surface area (TPSA) is 74.6 Å². The molecule has 2 N–H and O–H groups in total. The van der Waals surface area contributed by atoms with Gasteiger partial charge in [-0.15, -0.1) is 0 Å². The van der Waals surface area contributed by atoms with E-state index in [1.807, 2.05) is 0 Å². The SMILES string of the molecule is O=S(=O)(O)O.[AlH3].[AlH3].[Zn]. The Morgan fingerprint density at radius 2 is 1.00 bits per heavy atom. The predicted octanol–water partition coefficient (Wildman–Crippen LogP) is -3.02. The van der Waals surface area contributed by atoms with Crippen LogP contribution >= 0.6 is 0 Å². The van der Waals surface area contributed by atoms with E-state index in [2.05, 4.69) is 0 Å². The summed E-state index contributed by atoms with van der Waals surface area (Å²) in [5, 5.41) is 0. The molecule has 0 spiro atoms. The summed E-state index contributed by atoms with van der Waals surface area (Å²) in [5.74, 6) is 0. The largest absolute Gasteiger partial charge is 0.394 e. The van der Waals surface area contributed by atoms with Crippen molar-refractivity contribution in [3.05, 3.63) is 0 Å². The van der Waals surface area contributed by atoms with Crippen molar-refractivity contribution in [1.29, 1.82) is 0 Å². The number of rotatable bonds is 0. The minimum atomic E-state index is -4.67. The average Bonchev–Trinajstić information content (AvgIpc) is 0.722. The van der Waals surface area contributed by atoms with Gasteiger partial charge in [-0.2, -0.15) is 8.42 Å². The van der Waals surface area contributed by atoms with Crippen LogP contribution in [0.15, 0.2) is 0 Å². The third-order valence-corrected chi connectivity index (χ3v) is 0. The molecule has 0 aromatic carbocycles. The zero-order valence-corrected chi connectivity index (χ0v) is 6.61. The van der Waals surface area contributed by atoms with Crippen molar-refractivity contribution in [2.75, 3.05) is 0 Å². The molecule has 8 heavy (non-hydrogen) atoms. The van der Waals surface area contributed by atoms with Gasteiger partial charge in [0.1, 0.15) is 0 Å². The first-order chi connectivity index (χ1) is 2.00. The van der Waals surface area contributed by atoms with Crippen LogP contribution in [0.5, 0.6) is 0 Å². The van der Waals surface area contributed by atoms with E-state index < -0.39 is 10.4 Å². The van der Waals surface area contributed by atoms with Crippen molar-refractivity contribution in [3.8, 4) is 0 Å². The fraction of sp³-hybridized carbons (Fsp3) is 0. The molecule has 0 rings (SSSR count). The second-order valence-corrected chi connectivity index (χ2v) is 1.34. The van der Waals surface area contributed by atoms with Crippen LogP contribution in [-0.2, 0) is 29.9 Å². The van der Waals surface area contributed by atoms with E-state index in [-0.39, 0.29) is 54.2 Å². The molecule has 0 aromatic rings. The quantitative estimate of drug-likeness (QED) is 0.339. The van der Waals surface area contributed by atoms with E-state index in [1.165, 1.54) is 0 Å². The van der Waals surface area contributed by atoms with Crippen molar-refractivity contribution in [2.45, 2.75) is 0 Å². The van der Waals surface area contributed by atoms with Gasteiger partial charge in [0.05, 0.1) is 0 Å². The molecule has 8 heteroatoms. The van der Waals surface area contributed by atoms with Crippen molar-refractivity contribution in [1.82, 2.24) is 0 Å². The maximum absolute atomic E-state index is 8.74. The Hall–Kier alpha value is 1.56. The van der Waals surface area contributed by atoms with Gasteiger partial charge in [-0.3, -0.25) is 9.11 Å². The molecule has 0 aromatic heterocycles. The van der Waals surface area contributed by atoms with Crippen LogP contribution in [0.25, 0.3) is 0 Å². The minimum absolute atomic E-state index is 0. The Morgan fingerprint density at radius 1 is 1.00 bits per heavy atom. The van der Waals surface area contributed by atoms with Crippen molar-refractivity contribution >= 4 is 45.1 Å². The summed E-state index contributed by atoms with van der Waals surface area (Å²) in [5.41, 5.74) is 0. The molecule has 0 saturated heterocycles. The summed E-state index contributed by atoms with van der Waals surface area (Å²) in [6, 6.07) is 0. The normalized spacial score (nSPS) is 7.25. The van der Waals surface area contributed by atoms with Crippen molar-refractivity contribution in [2.24, 2.45) is 0 Å². The Labute approximate surface area is 81.6 Å². The van der Waals surface area contributed by atoms with E-state index in [9.17, 15) is 0 Å². The third-order valence-electron chi connectivity index (χ3n) is 0. The Balaban J connectivity index is -0.0000000267. The van der Waals surface area contributed by atoms with Crippen molar-refractivity contribution < 1.29 is 37.0 Å². The second kappa shape index (κ2) is 8.56. The fourth-order valence-corrected chi connectivity index (χ4v) is 0. The molecule has 0 aliphatic carbocycles. The molecule has 0 atom stereocenters. The Morgan fingerprint density at radius 3 is 1.00 bits per heavy atom. The molecular weight excluding hydrogens is 215 g/mol. The maximum atomic E-state index is 8.74. The Kier molecular flexibility index (Phi) is 24.2. The molecule has 0 unspecified atom stereocenters. The van der Waals surface area contributed by atoms with Crippen LogP contribution in [0.3, 0.4) is 0 Å². The molecule has 0 amide bonds. The summed E-state index contributed by atoms with van der Waals surface area (Å²) >= 11 is 0. The summed E-state index contributed by atoms with van der Waals surface area (Å²) in [4.78, 5) is 0. The molecule has 0 saturated carbocycles. The van der Waals surface area contributed by atoms with Gasteiger partial charge in [0.15, 0.2) is 34.7 Å². The fourth-order valence-electron chi connectivity index (χ4n) is 0. The summed E-state index contributed by atoms with van der Waals surface area (Å²) in [6.45, 7) is 0. The van der Waals surface area contributed by atoms with Gasteiger partial charge in [-0.05, 0) is 0 Å². The van der Waals surface area contributed by atoms with Crippen molar-refractivity contribution in [3.63, 3.8) is 0 Å². The zero-order chi connectivity index (χ0) is 4.50. The first-order valence-electron chi connectivity index (χ1n) is 0.698. The summed E-state index contributed by atoms with van der Waals surface area (Å²) in [6.07, 6.45) is 0. The van der Waals surface area contributed by atoms with Gasteiger partial charge in [0.25, 0.3) is 0 Å². The van der Waals surface area contributed by atoms with E-state index in [0.717, 1.165) is 0 Å². The summed E-state index contributed by atoms with van der Waals surface area (Å²) < 4.78 is 31.6. The first-order valence-corrected chi connectivity index (χ1v) is 2.10. The number of hydrogen-bond donors (Lipinski definition) is 2. The average molecular weight is 223 g/mol. The molecule has 0 fully saturated rings. The van der Waals surface area contributed by atoms with Gasteiger partial charge >= 0.3 is 10.4 Å². The standard InChI is InChI=1S/2Al.H2O4S.Zn.6H/c;;1-5(2,3)4;;;;;;;/h;;(H2,1,2,3,4);;;;;;;. The molecule has 0 aliphatic heterocycles. The van der Waals surface area contributed by atoms with Gasteiger partial charge in [-0.25, -0.2) is 0 Å². The molecule has 46 valence electrons. The molecule has 0 aliphatic rings. The van der Waals surface area contributed by atoms with Gasteiger partial charge < -0.3 is 0 Å². The molecule has 0 heterocycles. The van der Waals surface area contributed by atoms with Crippen LogP contribution in [0, 0.1) is 0 Å². The molecule has 0 radical (unpaired) electrons. The van der Waals surface area contributed by atoms with Crippen LogP contribution in [0.4, 0.5) is 0 Å². The van der Waals surface area contributed by atoms with Crippen LogP contribution in [-0.4, -0.2) is 52.2 Å². The van der Waals surface area contributed by atoms with Crippen LogP contribution in [0.1, 0.15) is 0 Å². The smallest absolute Gasteiger partial charge is 0.264 e. The number of hydrogen-bond acceptors (Lipinski definition) is 2. The monoisotopic (exact) mass is 222 g/mol. The first kappa shape index (κ1) is 22.7.